The third kappa shape index (κ3) is 3.50. The normalized spacial score (nSPS) is 34.8. The lowest BCUT2D eigenvalue weighted by atomic mass is 9.79. The smallest absolute Gasteiger partial charge is 0.281 e. The van der Waals surface area contributed by atoms with Crippen LogP contribution in [0.2, 0.25) is 0 Å². The molecule has 0 saturated carbocycles. The van der Waals surface area contributed by atoms with Crippen LogP contribution in [0, 0.1) is 17.8 Å². The minimum atomic E-state index is -2.01. The summed E-state index contributed by atoms with van der Waals surface area (Å²) in [7, 11) is 2.03. The highest BCUT2D eigenvalue weighted by molar-refractivity contribution is 6.01. The maximum atomic E-state index is 14.3. The molecule has 0 unspecified atom stereocenters. The first-order valence-corrected chi connectivity index (χ1v) is 14.9. The maximum absolute atomic E-state index is 14.3. The molecule has 5 aliphatic rings. The number of piperazine rings is 1. The molecule has 3 N–H and O–H groups in total. The standard InChI is InChI=1S/C31H39N5O5/c1-16(2)26-28(38)35-11-7-10-24(35)31(40)36(26)29(39)30(41-31,17(3)4)33-27(37)19-12-21-20-8-6-9-22-25(20)18(14-32-22)13-23(21)34(5)15-19/h6,8-9,12,14,16-17,19,23-24,26,32,40H,7,10-11,13,15H2,1-5H3,(H,33,37)/t19-,23+,24-,26-,30-,31+/m0/s1. The number of aromatic amines is 1. The molecule has 1 aliphatic carbocycles. The number of hydrogen-bond acceptors (Lipinski definition) is 6. The summed E-state index contributed by atoms with van der Waals surface area (Å²) >= 11 is 0. The number of likely N-dealkylation sites (N-methyl/N-ethyl adjacent to an activating group) is 1. The number of fused-ring (bicyclic) bond motifs is 5. The summed E-state index contributed by atoms with van der Waals surface area (Å²) in [6.07, 6.45) is 6.21. The Morgan fingerprint density at radius 2 is 2.00 bits per heavy atom. The highest BCUT2D eigenvalue weighted by Gasteiger charge is 2.72. The summed E-state index contributed by atoms with van der Waals surface area (Å²) in [6.45, 7) is 8.32. The quantitative estimate of drug-likeness (QED) is 0.526. The molecule has 4 aliphatic heterocycles. The molecule has 6 atom stereocenters. The lowest BCUT2D eigenvalue weighted by Crippen LogP contribution is -2.72. The van der Waals surface area contributed by atoms with E-state index in [9.17, 15) is 19.5 Å². The van der Waals surface area contributed by atoms with Crippen LogP contribution in [0.3, 0.4) is 0 Å². The van der Waals surface area contributed by atoms with E-state index >= 15 is 0 Å². The Hall–Kier alpha value is -3.21. The van der Waals surface area contributed by atoms with Crippen LogP contribution in [-0.4, -0.2) is 92.4 Å². The number of amides is 3. The number of ether oxygens (including phenoxy) is 1. The van der Waals surface area contributed by atoms with E-state index in [1.807, 2.05) is 33.0 Å². The van der Waals surface area contributed by atoms with E-state index in [2.05, 4.69) is 33.5 Å². The number of aromatic nitrogens is 1. The van der Waals surface area contributed by atoms with Crippen molar-refractivity contribution in [2.24, 2.45) is 17.8 Å². The van der Waals surface area contributed by atoms with E-state index in [0.717, 1.165) is 23.1 Å². The van der Waals surface area contributed by atoms with Gasteiger partial charge in [-0.3, -0.25) is 28.9 Å². The SMILES string of the molecule is CC(C)[C@H]1C(=O)N2CCC[C@H]2[C@@]2(O)O[C@@](NC(=O)[C@H]3C=C4c5cccc6[nH]cc(c56)C[C@H]4N(C)C3)(C(C)C)C(=O)N12. The zero-order chi connectivity index (χ0) is 29.0. The van der Waals surface area contributed by atoms with Crippen LogP contribution in [0.15, 0.2) is 30.5 Å². The van der Waals surface area contributed by atoms with E-state index in [1.54, 1.807) is 18.7 Å². The van der Waals surface area contributed by atoms with Crippen molar-refractivity contribution in [3.63, 3.8) is 0 Å². The molecule has 41 heavy (non-hydrogen) atoms. The number of hydrogen-bond donors (Lipinski definition) is 3. The molecule has 0 spiro atoms. The fourth-order valence-corrected chi connectivity index (χ4v) is 7.97. The van der Waals surface area contributed by atoms with Gasteiger partial charge in [-0.25, -0.2) is 0 Å². The third-order valence-corrected chi connectivity index (χ3v) is 10.1. The van der Waals surface area contributed by atoms with Crippen LogP contribution in [0.1, 0.15) is 51.7 Å². The number of nitrogens with zero attached hydrogens (tertiary/aromatic N) is 3. The highest BCUT2D eigenvalue weighted by Crippen LogP contribution is 2.49. The Morgan fingerprint density at radius 3 is 2.73 bits per heavy atom. The van der Waals surface area contributed by atoms with Crippen LogP contribution in [-0.2, 0) is 25.5 Å². The van der Waals surface area contributed by atoms with Crippen LogP contribution in [0.4, 0.5) is 0 Å². The number of carbonyl (C=O) groups excluding carboxylic acids is 3. The van der Waals surface area contributed by atoms with Crippen molar-refractivity contribution in [1.29, 1.82) is 0 Å². The van der Waals surface area contributed by atoms with E-state index in [0.29, 0.717) is 25.9 Å². The number of carbonyl (C=O) groups is 3. The Kier molecular flexibility index (Phi) is 5.79. The molecule has 1 aromatic heterocycles. The van der Waals surface area contributed by atoms with Gasteiger partial charge >= 0.3 is 0 Å². The first kappa shape index (κ1) is 26.7. The summed E-state index contributed by atoms with van der Waals surface area (Å²) in [4.78, 5) is 50.4. The predicted molar refractivity (Wildman–Crippen MR) is 152 cm³/mol. The van der Waals surface area contributed by atoms with Crippen molar-refractivity contribution in [3.8, 4) is 0 Å². The molecule has 2 aromatic rings. The molecule has 3 saturated heterocycles. The highest BCUT2D eigenvalue weighted by atomic mass is 16.7. The average molecular weight is 562 g/mol. The third-order valence-electron chi connectivity index (χ3n) is 10.1. The zero-order valence-electron chi connectivity index (χ0n) is 24.3. The lowest BCUT2D eigenvalue weighted by molar-refractivity contribution is -0.323. The number of H-pyrrole nitrogens is 1. The van der Waals surface area contributed by atoms with Gasteiger partial charge in [0.15, 0.2) is 0 Å². The van der Waals surface area contributed by atoms with E-state index < -0.39 is 41.5 Å². The minimum Gasteiger partial charge on any atom is -0.361 e. The van der Waals surface area contributed by atoms with Gasteiger partial charge in [0.25, 0.3) is 11.8 Å². The molecule has 1 aromatic carbocycles. The number of nitrogens with one attached hydrogen (secondary N) is 2. The second kappa shape index (κ2) is 8.89. The maximum Gasteiger partial charge on any atom is 0.281 e. The van der Waals surface area contributed by atoms with Gasteiger partial charge in [0.2, 0.25) is 17.5 Å². The van der Waals surface area contributed by atoms with Crippen molar-refractivity contribution in [2.45, 2.75) is 76.7 Å². The largest absolute Gasteiger partial charge is 0.361 e. The zero-order valence-corrected chi connectivity index (χ0v) is 24.3. The Labute approximate surface area is 239 Å². The molecule has 10 heteroatoms. The van der Waals surface area contributed by atoms with Crippen molar-refractivity contribution < 1.29 is 24.2 Å². The van der Waals surface area contributed by atoms with E-state index in [4.69, 9.17) is 4.74 Å². The molecular weight excluding hydrogens is 522 g/mol. The molecular formula is C31H39N5O5. The number of benzene rings is 1. The summed E-state index contributed by atoms with van der Waals surface area (Å²) in [5, 5.41) is 16.2. The summed E-state index contributed by atoms with van der Waals surface area (Å²) < 4.78 is 6.40. The molecule has 3 amide bonds. The Bertz CT molecular complexity index is 1500. The van der Waals surface area contributed by atoms with Gasteiger partial charge in [0.1, 0.15) is 12.1 Å². The molecule has 7 rings (SSSR count). The molecule has 10 nitrogen and oxygen atoms in total. The predicted octanol–water partition coefficient (Wildman–Crippen LogP) is 2.04. The van der Waals surface area contributed by atoms with E-state index in [1.165, 1.54) is 15.8 Å². The van der Waals surface area contributed by atoms with Gasteiger partial charge in [-0.15, -0.1) is 0 Å². The topological polar surface area (TPSA) is 118 Å². The van der Waals surface area contributed by atoms with Crippen molar-refractivity contribution >= 4 is 34.2 Å². The first-order chi connectivity index (χ1) is 19.5. The van der Waals surface area contributed by atoms with Gasteiger partial charge in [0, 0.05) is 42.1 Å². The molecule has 0 radical (unpaired) electrons. The average Bonchev–Trinajstić information content (AvgIpc) is 3.64. The van der Waals surface area contributed by atoms with Crippen molar-refractivity contribution in [3.05, 3.63) is 41.6 Å². The number of rotatable bonds is 4. The summed E-state index contributed by atoms with van der Waals surface area (Å²) in [5.41, 5.74) is 2.78. The fourth-order valence-electron chi connectivity index (χ4n) is 7.97. The molecule has 3 fully saturated rings. The Balaban J connectivity index is 1.25. The summed E-state index contributed by atoms with van der Waals surface area (Å²) in [6, 6.07) is 4.80. The fraction of sp³-hybridized carbons (Fsp3) is 0.581. The molecule has 0 bridgehead atoms. The second-order valence-corrected chi connectivity index (χ2v) is 13.1. The van der Waals surface area contributed by atoms with Gasteiger partial charge in [0.05, 0.1) is 5.92 Å². The van der Waals surface area contributed by atoms with Gasteiger partial charge in [-0.05, 0) is 55.0 Å². The minimum absolute atomic E-state index is 0.150. The van der Waals surface area contributed by atoms with Gasteiger partial charge < -0.3 is 20.3 Å². The molecule has 5 heterocycles. The van der Waals surface area contributed by atoms with Crippen LogP contribution in [0.25, 0.3) is 16.5 Å². The van der Waals surface area contributed by atoms with Crippen LogP contribution in [0.5, 0.6) is 0 Å². The van der Waals surface area contributed by atoms with Crippen molar-refractivity contribution in [2.75, 3.05) is 20.1 Å². The second-order valence-electron chi connectivity index (χ2n) is 13.1. The van der Waals surface area contributed by atoms with Crippen LogP contribution >= 0.6 is 0 Å². The monoisotopic (exact) mass is 561 g/mol. The van der Waals surface area contributed by atoms with Gasteiger partial charge in [-0.2, -0.15) is 0 Å². The molecule has 218 valence electrons. The first-order valence-electron chi connectivity index (χ1n) is 14.9. The summed E-state index contributed by atoms with van der Waals surface area (Å²) in [5.74, 6) is -4.36. The van der Waals surface area contributed by atoms with Crippen molar-refractivity contribution in [1.82, 2.24) is 25.0 Å². The number of aliphatic hydroxyl groups is 1. The van der Waals surface area contributed by atoms with E-state index in [-0.39, 0.29) is 23.8 Å². The van der Waals surface area contributed by atoms with Gasteiger partial charge in [-0.1, -0.05) is 45.9 Å². The lowest BCUT2D eigenvalue weighted by Gasteiger charge is -2.49. The van der Waals surface area contributed by atoms with Crippen LogP contribution < -0.4 is 5.32 Å². The Morgan fingerprint density at radius 1 is 1.22 bits per heavy atom.